The van der Waals surface area contributed by atoms with Gasteiger partial charge in [-0.3, -0.25) is 4.79 Å². The minimum Gasteiger partial charge on any atom is -0.295 e. The molecule has 0 radical (unpaired) electrons. The molecule has 2 saturated carbocycles. The smallest absolute Gasteiger partial charge is 0.159 e. The number of rotatable bonds is 2. The number of nitrogens with zero attached hydrogens (tertiary/aromatic N) is 1. The Kier molecular flexibility index (Phi) is 2.52. The molecular formula is C16H17NO. The van der Waals surface area contributed by atoms with Crippen molar-refractivity contribution < 1.29 is 4.79 Å². The lowest BCUT2D eigenvalue weighted by molar-refractivity contribution is -0.0353. The molecular weight excluding hydrogens is 222 g/mol. The molecule has 0 heterocycles. The number of ketones is 1. The van der Waals surface area contributed by atoms with E-state index in [1.54, 1.807) is 6.92 Å². The number of nitriles is 1. The monoisotopic (exact) mass is 239 g/mol. The van der Waals surface area contributed by atoms with E-state index in [-0.39, 0.29) is 11.7 Å². The first-order chi connectivity index (χ1) is 8.66. The van der Waals surface area contributed by atoms with Gasteiger partial charge in [0.2, 0.25) is 0 Å². The Morgan fingerprint density at radius 3 is 2.44 bits per heavy atom. The van der Waals surface area contributed by atoms with Crippen LogP contribution in [0.15, 0.2) is 24.3 Å². The van der Waals surface area contributed by atoms with Crippen LogP contribution in [0, 0.1) is 22.7 Å². The van der Waals surface area contributed by atoms with Crippen molar-refractivity contribution >= 4 is 5.78 Å². The van der Waals surface area contributed by atoms with Gasteiger partial charge >= 0.3 is 0 Å². The normalized spacial score (nSPS) is 28.0. The number of carbonyl (C=O) groups excluding carboxylic acids is 1. The molecule has 2 aliphatic rings. The Bertz CT molecular complexity index is 519. The highest BCUT2D eigenvalue weighted by Crippen LogP contribution is 2.66. The van der Waals surface area contributed by atoms with E-state index in [9.17, 15) is 10.1 Å². The van der Waals surface area contributed by atoms with Crippen LogP contribution in [-0.2, 0) is 0 Å². The van der Waals surface area contributed by atoms with E-state index in [0.29, 0.717) is 11.3 Å². The number of hydrogen-bond acceptors (Lipinski definition) is 2. The fourth-order valence-electron chi connectivity index (χ4n) is 3.73. The second kappa shape index (κ2) is 3.95. The van der Waals surface area contributed by atoms with Gasteiger partial charge in [-0.05, 0) is 37.2 Å². The highest BCUT2D eigenvalue weighted by Gasteiger charge is 2.57. The summed E-state index contributed by atoms with van der Waals surface area (Å²) in [5, 5.41) is 9.21. The first-order valence-electron chi connectivity index (χ1n) is 6.67. The lowest BCUT2D eigenvalue weighted by atomic mass is 9.44. The van der Waals surface area contributed by atoms with Crippen molar-refractivity contribution in [3.05, 3.63) is 35.4 Å². The molecule has 92 valence electrons. The van der Waals surface area contributed by atoms with E-state index in [1.165, 1.54) is 24.8 Å². The Morgan fingerprint density at radius 2 is 2.00 bits per heavy atom. The largest absolute Gasteiger partial charge is 0.295 e. The van der Waals surface area contributed by atoms with Crippen LogP contribution in [0.3, 0.4) is 0 Å². The maximum Gasteiger partial charge on any atom is 0.159 e. The number of Topliss-reactive ketones (excluding diaryl/α,β-unsaturated/α-hetero) is 1. The third-order valence-corrected chi connectivity index (χ3v) is 4.88. The Balaban J connectivity index is 1.89. The fraction of sp³-hybridized carbons (Fsp3) is 0.500. The van der Waals surface area contributed by atoms with Crippen molar-refractivity contribution in [3.8, 4) is 6.07 Å². The van der Waals surface area contributed by atoms with Crippen LogP contribution in [0.4, 0.5) is 0 Å². The minimum absolute atomic E-state index is 0.102. The van der Waals surface area contributed by atoms with Gasteiger partial charge in [0, 0.05) is 11.5 Å². The van der Waals surface area contributed by atoms with Gasteiger partial charge in [0.1, 0.15) is 0 Å². The summed E-state index contributed by atoms with van der Waals surface area (Å²) in [4.78, 5) is 11.3. The van der Waals surface area contributed by atoms with Gasteiger partial charge in [0.15, 0.2) is 5.78 Å². The summed E-state index contributed by atoms with van der Waals surface area (Å²) in [6, 6.07) is 10.3. The number of hydrogen-bond donors (Lipinski definition) is 0. The zero-order valence-electron chi connectivity index (χ0n) is 10.6. The summed E-state index contributed by atoms with van der Waals surface area (Å²) in [5.41, 5.74) is 2.42. The number of benzene rings is 1. The van der Waals surface area contributed by atoms with Gasteiger partial charge in [-0.1, -0.05) is 30.7 Å². The predicted molar refractivity (Wildman–Crippen MR) is 69.2 cm³/mol. The lowest BCUT2D eigenvalue weighted by Crippen LogP contribution is -2.50. The molecule has 2 heteroatoms. The Morgan fingerprint density at radius 1 is 1.33 bits per heavy atom. The Hall–Kier alpha value is -1.62. The third-order valence-electron chi connectivity index (χ3n) is 4.88. The van der Waals surface area contributed by atoms with Crippen molar-refractivity contribution in [1.82, 2.24) is 0 Å². The third kappa shape index (κ3) is 1.50. The van der Waals surface area contributed by atoms with E-state index >= 15 is 0 Å². The zero-order valence-corrected chi connectivity index (χ0v) is 10.6. The summed E-state index contributed by atoms with van der Waals surface area (Å²) in [7, 11) is 0. The van der Waals surface area contributed by atoms with Crippen LogP contribution in [0.1, 0.15) is 54.4 Å². The van der Waals surface area contributed by atoms with E-state index < -0.39 is 0 Å². The lowest BCUT2D eigenvalue weighted by Gasteiger charge is -2.59. The molecule has 2 nitrogen and oxygen atoms in total. The maximum atomic E-state index is 11.3. The van der Waals surface area contributed by atoms with Gasteiger partial charge in [0.05, 0.1) is 12.0 Å². The van der Waals surface area contributed by atoms with Crippen molar-refractivity contribution in [2.75, 3.05) is 0 Å². The molecule has 0 aromatic heterocycles. The standard InChI is InChI=1S/C16H17NO/c1-11(18)12-3-5-13(6-4-12)15-14(10-17)9-16(15)7-2-8-16/h3-6,14-15H,2,7-9H2,1H3. The van der Waals surface area contributed by atoms with Crippen molar-refractivity contribution in [2.24, 2.45) is 11.3 Å². The average Bonchev–Trinajstić information content (AvgIpc) is 2.27. The maximum absolute atomic E-state index is 11.3. The van der Waals surface area contributed by atoms with E-state index in [4.69, 9.17) is 0 Å². The molecule has 18 heavy (non-hydrogen) atoms. The van der Waals surface area contributed by atoms with Crippen LogP contribution in [0.25, 0.3) is 0 Å². The fourth-order valence-corrected chi connectivity index (χ4v) is 3.73. The van der Waals surface area contributed by atoms with Crippen LogP contribution in [0.5, 0.6) is 0 Å². The Labute approximate surface area is 108 Å². The van der Waals surface area contributed by atoms with E-state index in [1.807, 2.05) is 24.3 Å². The van der Waals surface area contributed by atoms with Gasteiger partial charge in [-0.2, -0.15) is 5.26 Å². The second-order valence-electron chi connectivity index (χ2n) is 5.81. The molecule has 2 aliphatic carbocycles. The molecule has 1 spiro atoms. The van der Waals surface area contributed by atoms with E-state index in [2.05, 4.69) is 6.07 Å². The van der Waals surface area contributed by atoms with Gasteiger partial charge in [0.25, 0.3) is 0 Å². The zero-order chi connectivity index (χ0) is 12.8. The topological polar surface area (TPSA) is 40.9 Å². The van der Waals surface area contributed by atoms with Crippen molar-refractivity contribution in [1.29, 1.82) is 5.26 Å². The summed E-state index contributed by atoms with van der Waals surface area (Å²) < 4.78 is 0. The van der Waals surface area contributed by atoms with Gasteiger partial charge in [-0.25, -0.2) is 0 Å². The molecule has 1 aromatic rings. The van der Waals surface area contributed by atoms with E-state index in [0.717, 1.165) is 12.0 Å². The average molecular weight is 239 g/mol. The molecule has 0 N–H and O–H groups in total. The quantitative estimate of drug-likeness (QED) is 0.738. The highest BCUT2D eigenvalue weighted by atomic mass is 16.1. The molecule has 1 aromatic carbocycles. The van der Waals surface area contributed by atoms with Crippen LogP contribution in [0.2, 0.25) is 0 Å². The summed E-state index contributed by atoms with van der Waals surface area (Å²) in [6.45, 7) is 1.59. The van der Waals surface area contributed by atoms with Crippen LogP contribution in [-0.4, -0.2) is 5.78 Å². The van der Waals surface area contributed by atoms with Crippen LogP contribution < -0.4 is 0 Å². The predicted octanol–water partition coefficient (Wildman–Crippen LogP) is 3.69. The number of carbonyl (C=O) groups is 1. The van der Waals surface area contributed by atoms with Gasteiger partial charge in [-0.15, -0.1) is 0 Å². The van der Waals surface area contributed by atoms with Crippen LogP contribution >= 0.6 is 0 Å². The molecule has 2 fully saturated rings. The first-order valence-corrected chi connectivity index (χ1v) is 6.67. The second-order valence-corrected chi connectivity index (χ2v) is 5.81. The first kappa shape index (κ1) is 11.5. The highest BCUT2D eigenvalue weighted by molar-refractivity contribution is 5.94. The molecule has 0 saturated heterocycles. The summed E-state index contributed by atoms with van der Waals surface area (Å²) in [6.07, 6.45) is 4.91. The molecule has 3 rings (SSSR count). The molecule has 2 unspecified atom stereocenters. The molecule has 0 bridgehead atoms. The SMILES string of the molecule is CC(=O)c1ccc(C2C(C#N)CC23CCC3)cc1. The van der Waals surface area contributed by atoms with Crippen molar-refractivity contribution in [3.63, 3.8) is 0 Å². The van der Waals surface area contributed by atoms with Gasteiger partial charge < -0.3 is 0 Å². The summed E-state index contributed by atoms with van der Waals surface area (Å²) >= 11 is 0. The minimum atomic E-state index is 0.102. The molecule has 2 atom stereocenters. The molecule has 0 amide bonds. The van der Waals surface area contributed by atoms with Crippen molar-refractivity contribution in [2.45, 2.75) is 38.5 Å². The summed E-state index contributed by atoms with van der Waals surface area (Å²) in [5.74, 6) is 0.677. The molecule has 0 aliphatic heterocycles.